The molecule has 0 fully saturated rings. The van der Waals surface area contributed by atoms with Crippen LogP contribution in [0.4, 0.5) is 0 Å². The number of aromatic nitrogens is 4. The molecule has 0 amide bonds. The van der Waals surface area contributed by atoms with Gasteiger partial charge in [0.1, 0.15) is 0 Å². The van der Waals surface area contributed by atoms with Crippen LogP contribution < -0.4 is 37.1 Å². The van der Waals surface area contributed by atoms with Crippen LogP contribution >= 0.6 is 0 Å². The first-order chi connectivity index (χ1) is 15.6. The Kier molecular flexibility index (Phi) is 5.27. The lowest BCUT2D eigenvalue weighted by atomic mass is 9.84. The Morgan fingerprint density at radius 2 is 1.61 bits per heavy atom. The van der Waals surface area contributed by atoms with E-state index in [1.54, 1.807) is 45.9 Å². The highest BCUT2D eigenvalue weighted by molar-refractivity contribution is 5.61. The number of rotatable bonds is 4. The molecule has 0 bridgehead atoms. The number of hydrogen-bond donors (Lipinski definition) is 2. The van der Waals surface area contributed by atoms with Crippen molar-refractivity contribution < 1.29 is 14.6 Å². The number of nitrogens with one attached hydrogen (secondary N) is 2. The quantitative estimate of drug-likeness (QED) is 0.464. The van der Waals surface area contributed by atoms with Gasteiger partial charge in [0.25, 0.3) is 11.1 Å². The van der Waals surface area contributed by atoms with E-state index in [2.05, 4.69) is 9.97 Å². The van der Waals surface area contributed by atoms with Crippen molar-refractivity contribution in [2.45, 2.75) is 45.7 Å². The highest BCUT2D eigenvalue weighted by Gasteiger charge is 2.37. The van der Waals surface area contributed by atoms with Crippen molar-refractivity contribution in [1.82, 2.24) is 19.1 Å². The maximum Gasteiger partial charge on any atom is 0.331 e. The van der Waals surface area contributed by atoms with Crippen molar-refractivity contribution in [3.63, 3.8) is 0 Å². The van der Waals surface area contributed by atoms with Gasteiger partial charge in [-0.05, 0) is 39.6 Å². The molecule has 174 valence electrons. The Bertz CT molecular complexity index is 1490. The van der Waals surface area contributed by atoms with Crippen LogP contribution in [0.3, 0.4) is 0 Å². The topological polar surface area (TPSA) is 151 Å². The summed E-state index contributed by atoms with van der Waals surface area (Å²) in [6.45, 7) is 6.57. The molecule has 0 radical (unpaired) electrons. The van der Waals surface area contributed by atoms with E-state index in [9.17, 15) is 24.3 Å². The summed E-state index contributed by atoms with van der Waals surface area (Å²) in [5.41, 5.74) is -3.27. The van der Waals surface area contributed by atoms with Gasteiger partial charge in [0.2, 0.25) is 5.88 Å². The summed E-state index contributed by atoms with van der Waals surface area (Å²) in [7, 11) is 1.41. The molecule has 0 spiro atoms. The van der Waals surface area contributed by atoms with E-state index in [1.807, 2.05) is 0 Å². The molecule has 1 unspecified atom stereocenters. The number of benzene rings is 1. The summed E-state index contributed by atoms with van der Waals surface area (Å²) in [5, 5.41) is 13.4. The molecule has 33 heavy (non-hydrogen) atoms. The smallest absolute Gasteiger partial charge is 0.331 e. The number of H-pyrrole nitrogens is 2. The monoisotopic (exact) mass is 455 g/mol. The largest absolute Gasteiger partial charge is 0.860 e. The Labute approximate surface area is 186 Å². The van der Waals surface area contributed by atoms with Gasteiger partial charge in [0.15, 0.2) is 11.5 Å². The van der Waals surface area contributed by atoms with E-state index in [1.165, 1.54) is 7.11 Å². The lowest BCUT2D eigenvalue weighted by molar-refractivity contribution is -0.282. The zero-order valence-electron chi connectivity index (χ0n) is 18.7. The third kappa shape index (κ3) is 3.27. The summed E-state index contributed by atoms with van der Waals surface area (Å²) in [6.07, 6.45) is 0. The van der Waals surface area contributed by atoms with Crippen LogP contribution in [0, 0.1) is 0 Å². The average molecular weight is 455 g/mol. The third-order valence-electron chi connectivity index (χ3n) is 5.62. The molecule has 1 aliphatic heterocycles. The van der Waals surface area contributed by atoms with Crippen molar-refractivity contribution in [3.05, 3.63) is 76.6 Å². The van der Waals surface area contributed by atoms with Crippen LogP contribution in [-0.4, -0.2) is 26.2 Å². The molecule has 2 N–H and O–H groups in total. The van der Waals surface area contributed by atoms with Crippen molar-refractivity contribution in [2.24, 2.45) is 0 Å². The highest BCUT2D eigenvalue weighted by Crippen LogP contribution is 2.49. The van der Waals surface area contributed by atoms with Gasteiger partial charge in [-0.3, -0.25) is 24.1 Å². The van der Waals surface area contributed by atoms with Gasteiger partial charge in [-0.1, -0.05) is 12.1 Å². The normalized spacial score (nSPS) is 14.7. The molecule has 1 aromatic carbocycles. The molecule has 3 heterocycles. The zero-order valence-corrected chi connectivity index (χ0v) is 18.7. The molecule has 0 aliphatic carbocycles. The third-order valence-corrected chi connectivity index (χ3v) is 5.62. The number of nitrogens with zero attached hydrogens (tertiary/aromatic N) is 2. The van der Waals surface area contributed by atoms with Gasteiger partial charge in [0, 0.05) is 23.2 Å². The number of aromatic amines is 2. The lowest BCUT2D eigenvalue weighted by Crippen LogP contribution is -2.42. The van der Waals surface area contributed by atoms with E-state index in [4.69, 9.17) is 9.47 Å². The minimum atomic E-state index is -1.21. The predicted molar refractivity (Wildman–Crippen MR) is 117 cm³/mol. The maximum atomic E-state index is 13.5. The Balaban J connectivity index is 2.20. The minimum Gasteiger partial charge on any atom is -0.860 e. The molecule has 3 aromatic rings. The average Bonchev–Trinajstić information content (AvgIpc) is 2.71. The van der Waals surface area contributed by atoms with E-state index >= 15 is 0 Å². The second-order valence-electron chi connectivity index (χ2n) is 8.30. The Morgan fingerprint density at radius 3 is 2.21 bits per heavy atom. The molecule has 1 aliphatic rings. The standard InChI is InChI=1S/C22H24N4O7/c1-9(2)25-19(28)14(17(27)23-21(25)30)13-11-7-6-8-12(32-5)16(11)33-18-15(13)20(29)26(10(3)4)22(31)24-18/h6-10,13,28H,1-5H3,(H,24,31)(H,23,27,30)/p-1. The Morgan fingerprint density at radius 1 is 0.970 bits per heavy atom. The number of para-hydroxylation sites is 1. The first kappa shape index (κ1) is 22.2. The SMILES string of the molecule is COc1cccc2c1Oc1[nH]c(=O)n(C(C)C)c(=O)c1C2c1c([O-])n(C(C)C)c(=O)[nH]c1=O. The van der Waals surface area contributed by atoms with Crippen molar-refractivity contribution in [2.75, 3.05) is 7.11 Å². The van der Waals surface area contributed by atoms with Crippen molar-refractivity contribution in [1.29, 1.82) is 0 Å². The van der Waals surface area contributed by atoms with Gasteiger partial charge in [0.05, 0.1) is 18.6 Å². The molecular weight excluding hydrogens is 432 g/mol. The van der Waals surface area contributed by atoms with Gasteiger partial charge in [-0.15, -0.1) is 0 Å². The second kappa shape index (κ2) is 7.84. The minimum absolute atomic E-state index is 0.0828. The van der Waals surface area contributed by atoms with Gasteiger partial charge < -0.3 is 19.1 Å². The van der Waals surface area contributed by atoms with E-state index in [0.717, 1.165) is 9.13 Å². The maximum absolute atomic E-state index is 13.5. The molecule has 11 heteroatoms. The summed E-state index contributed by atoms with van der Waals surface area (Å²) in [4.78, 5) is 56.1. The number of fused-ring (bicyclic) bond motifs is 2. The number of methoxy groups -OCH3 is 1. The fourth-order valence-corrected chi connectivity index (χ4v) is 4.20. The molecule has 0 saturated carbocycles. The molecular formula is C22H23N4O7-. The number of hydrogen-bond acceptors (Lipinski definition) is 7. The molecule has 4 rings (SSSR count). The van der Waals surface area contributed by atoms with Crippen LogP contribution in [0.15, 0.2) is 37.4 Å². The van der Waals surface area contributed by atoms with Crippen LogP contribution in [-0.2, 0) is 0 Å². The Hall–Kier alpha value is -4.02. The lowest BCUT2D eigenvalue weighted by Gasteiger charge is -2.32. The fraction of sp³-hybridized carbons (Fsp3) is 0.364. The molecule has 1 atom stereocenters. The van der Waals surface area contributed by atoms with E-state index in [-0.39, 0.29) is 28.5 Å². The first-order valence-corrected chi connectivity index (χ1v) is 10.4. The summed E-state index contributed by atoms with van der Waals surface area (Å²) in [5.74, 6) is -1.80. The van der Waals surface area contributed by atoms with E-state index < -0.39 is 46.4 Å². The first-order valence-electron chi connectivity index (χ1n) is 10.4. The van der Waals surface area contributed by atoms with Crippen LogP contribution in [0.5, 0.6) is 23.3 Å². The predicted octanol–water partition coefficient (Wildman–Crippen LogP) is 0.916. The van der Waals surface area contributed by atoms with Gasteiger partial charge in [-0.2, -0.15) is 0 Å². The number of ether oxygens (including phenoxy) is 2. The highest BCUT2D eigenvalue weighted by atomic mass is 16.5. The van der Waals surface area contributed by atoms with Crippen molar-refractivity contribution >= 4 is 0 Å². The zero-order chi connectivity index (χ0) is 24.2. The molecule has 0 saturated heterocycles. The fourth-order valence-electron chi connectivity index (χ4n) is 4.20. The summed E-state index contributed by atoms with van der Waals surface area (Å²) < 4.78 is 13.1. The van der Waals surface area contributed by atoms with Crippen molar-refractivity contribution in [3.8, 4) is 23.3 Å². The van der Waals surface area contributed by atoms with Crippen LogP contribution in [0.1, 0.15) is 62.4 Å². The van der Waals surface area contributed by atoms with E-state index in [0.29, 0.717) is 5.56 Å². The molecule has 2 aromatic heterocycles. The molecule has 11 nitrogen and oxygen atoms in total. The summed E-state index contributed by atoms with van der Waals surface area (Å²) >= 11 is 0. The second-order valence-corrected chi connectivity index (χ2v) is 8.30. The van der Waals surface area contributed by atoms with Crippen LogP contribution in [0.2, 0.25) is 0 Å². The van der Waals surface area contributed by atoms with Crippen LogP contribution in [0.25, 0.3) is 0 Å². The van der Waals surface area contributed by atoms with Gasteiger partial charge in [-0.25, -0.2) is 9.59 Å². The summed E-state index contributed by atoms with van der Waals surface area (Å²) in [6, 6.07) is 3.77. The van der Waals surface area contributed by atoms with Gasteiger partial charge >= 0.3 is 11.4 Å².